The number of nitrogens with one attached hydrogen (secondary N) is 2. The predicted molar refractivity (Wildman–Crippen MR) is 126 cm³/mol. The molecular weight excluding hydrogens is 392 g/mol. The zero-order chi connectivity index (χ0) is 21.5. The number of benzene rings is 3. The highest BCUT2D eigenvalue weighted by atomic mass is 32.1. The van der Waals surface area contributed by atoms with Crippen LogP contribution >= 0.6 is 12.2 Å². The van der Waals surface area contributed by atoms with E-state index in [1.165, 1.54) is 5.56 Å². The lowest BCUT2D eigenvalue weighted by Gasteiger charge is -2.23. The molecule has 0 bridgehead atoms. The van der Waals surface area contributed by atoms with Crippen LogP contribution in [-0.2, 0) is 4.74 Å². The first-order chi connectivity index (χ1) is 14.5. The van der Waals surface area contributed by atoms with E-state index in [4.69, 9.17) is 17.0 Å². The van der Waals surface area contributed by atoms with Crippen molar-refractivity contribution in [3.05, 3.63) is 101 Å². The largest absolute Gasteiger partial charge is 0.462 e. The molecule has 0 aromatic heterocycles. The van der Waals surface area contributed by atoms with Crippen LogP contribution in [0.4, 0.5) is 5.69 Å². The van der Waals surface area contributed by atoms with E-state index in [2.05, 4.69) is 54.0 Å². The molecule has 1 atom stereocenters. The van der Waals surface area contributed by atoms with Gasteiger partial charge in [-0.3, -0.25) is 0 Å². The second-order valence-corrected chi connectivity index (χ2v) is 7.51. The molecular formula is C25H26N2O2S. The number of hydrogen-bond donors (Lipinski definition) is 2. The molecule has 30 heavy (non-hydrogen) atoms. The van der Waals surface area contributed by atoms with Crippen LogP contribution in [0.25, 0.3) is 0 Å². The van der Waals surface area contributed by atoms with E-state index in [1.807, 2.05) is 31.2 Å². The SMILES string of the molecule is CCOC(=O)c1ccc(NC(=S)N[C@@H](c2ccccc2)c2cccc(C)c2)c(C)c1. The lowest BCUT2D eigenvalue weighted by Crippen LogP contribution is -2.33. The quantitative estimate of drug-likeness (QED) is 0.406. The summed E-state index contributed by atoms with van der Waals surface area (Å²) < 4.78 is 5.07. The van der Waals surface area contributed by atoms with Crippen molar-refractivity contribution in [1.29, 1.82) is 0 Å². The van der Waals surface area contributed by atoms with Gasteiger partial charge in [0.05, 0.1) is 18.2 Å². The molecule has 3 aromatic rings. The van der Waals surface area contributed by atoms with Crippen LogP contribution in [0.3, 0.4) is 0 Å². The Morgan fingerprint density at radius 3 is 2.37 bits per heavy atom. The minimum atomic E-state index is -0.323. The number of thiocarbonyl (C=S) groups is 1. The summed E-state index contributed by atoms with van der Waals surface area (Å²) in [5.74, 6) is -0.323. The van der Waals surface area contributed by atoms with Crippen molar-refractivity contribution in [1.82, 2.24) is 5.32 Å². The average Bonchev–Trinajstić information content (AvgIpc) is 2.74. The molecule has 0 spiro atoms. The van der Waals surface area contributed by atoms with Gasteiger partial charge in [0.1, 0.15) is 0 Å². The predicted octanol–water partition coefficient (Wildman–Crippen LogP) is 5.56. The third kappa shape index (κ3) is 5.45. The minimum Gasteiger partial charge on any atom is -0.462 e. The van der Waals surface area contributed by atoms with Crippen LogP contribution in [-0.4, -0.2) is 17.7 Å². The molecule has 0 aliphatic heterocycles. The highest BCUT2D eigenvalue weighted by molar-refractivity contribution is 7.80. The van der Waals surface area contributed by atoms with Crippen LogP contribution in [0, 0.1) is 13.8 Å². The second-order valence-electron chi connectivity index (χ2n) is 7.11. The third-order valence-corrected chi connectivity index (χ3v) is 4.99. The summed E-state index contributed by atoms with van der Waals surface area (Å²) in [6, 6.07) is 23.9. The zero-order valence-electron chi connectivity index (χ0n) is 17.4. The molecule has 0 aliphatic carbocycles. The molecule has 5 heteroatoms. The third-order valence-electron chi connectivity index (χ3n) is 4.77. The maximum atomic E-state index is 11.9. The fourth-order valence-corrected chi connectivity index (χ4v) is 3.52. The number of carbonyl (C=O) groups excluding carboxylic acids is 1. The van der Waals surface area contributed by atoms with E-state index in [-0.39, 0.29) is 12.0 Å². The molecule has 3 aromatic carbocycles. The van der Waals surface area contributed by atoms with Crippen molar-refractivity contribution >= 4 is 29.0 Å². The Morgan fingerprint density at radius 2 is 1.70 bits per heavy atom. The molecule has 0 unspecified atom stereocenters. The summed E-state index contributed by atoms with van der Waals surface area (Å²) in [7, 11) is 0. The van der Waals surface area contributed by atoms with E-state index >= 15 is 0 Å². The Hall–Kier alpha value is -3.18. The van der Waals surface area contributed by atoms with Gasteiger partial charge in [0.25, 0.3) is 0 Å². The Kier molecular flexibility index (Phi) is 7.20. The van der Waals surface area contributed by atoms with Crippen LogP contribution in [0.5, 0.6) is 0 Å². The van der Waals surface area contributed by atoms with Gasteiger partial charge in [0, 0.05) is 5.69 Å². The second kappa shape index (κ2) is 10.0. The molecule has 0 saturated carbocycles. The number of ether oxygens (including phenoxy) is 1. The average molecular weight is 419 g/mol. The van der Waals surface area contributed by atoms with Gasteiger partial charge in [-0.1, -0.05) is 60.2 Å². The molecule has 0 radical (unpaired) electrons. The number of hydrogen-bond acceptors (Lipinski definition) is 3. The number of esters is 1. The topological polar surface area (TPSA) is 50.4 Å². The first-order valence-corrected chi connectivity index (χ1v) is 10.4. The minimum absolute atomic E-state index is 0.0785. The normalized spacial score (nSPS) is 11.4. The first-order valence-electron chi connectivity index (χ1n) is 9.94. The van der Waals surface area contributed by atoms with Crippen molar-refractivity contribution in [2.75, 3.05) is 11.9 Å². The van der Waals surface area contributed by atoms with Crippen LogP contribution in [0.1, 0.15) is 45.6 Å². The van der Waals surface area contributed by atoms with Crippen molar-refractivity contribution in [3.63, 3.8) is 0 Å². The van der Waals surface area contributed by atoms with E-state index in [9.17, 15) is 4.79 Å². The smallest absolute Gasteiger partial charge is 0.338 e. The molecule has 0 heterocycles. The number of carbonyl (C=O) groups is 1. The van der Waals surface area contributed by atoms with Gasteiger partial charge in [-0.15, -0.1) is 0 Å². The van der Waals surface area contributed by atoms with Crippen LogP contribution in [0.15, 0.2) is 72.8 Å². The Morgan fingerprint density at radius 1 is 0.967 bits per heavy atom. The van der Waals surface area contributed by atoms with Gasteiger partial charge in [0.15, 0.2) is 5.11 Å². The summed E-state index contributed by atoms with van der Waals surface area (Å²) in [4.78, 5) is 11.9. The van der Waals surface area contributed by atoms with Crippen molar-refractivity contribution in [3.8, 4) is 0 Å². The van der Waals surface area contributed by atoms with Gasteiger partial charge in [0.2, 0.25) is 0 Å². The van der Waals surface area contributed by atoms with E-state index in [0.717, 1.165) is 22.4 Å². The fourth-order valence-electron chi connectivity index (χ4n) is 3.29. The van der Waals surface area contributed by atoms with Gasteiger partial charge >= 0.3 is 5.97 Å². The number of rotatable bonds is 6. The Labute approximate surface area is 183 Å². The summed E-state index contributed by atoms with van der Waals surface area (Å²) in [5.41, 5.74) is 5.75. The van der Waals surface area contributed by atoms with Crippen LogP contribution in [0.2, 0.25) is 0 Å². The summed E-state index contributed by atoms with van der Waals surface area (Å²) >= 11 is 5.62. The summed E-state index contributed by atoms with van der Waals surface area (Å²) in [6.45, 7) is 6.16. The monoisotopic (exact) mass is 418 g/mol. The van der Waals surface area contributed by atoms with E-state index in [1.54, 1.807) is 19.1 Å². The first kappa shape index (κ1) is 21.5. The highest BCUT2D eigenvalue weighted by Crippen LogP contribution is 2.24. The standard InChI is InChI=1S/C25H26N2O2S/c1-4-29-24(28)21-13-14-22(18(3)16-21)26-25(30)27-23(19-10-6-5-7-11-19)20-12-8-9-17(2)15-20/h5-16,23H,4H2,1-3H3,(H2,26,27,30)/t23-/m0/s1. The maximum Gasteiger partial charge on any atom is 0.338 e. The van der Waals surface area contributed by atoms with Gasteiger partial charge in [-0.2, -0.15) is 0 Å². The van der Waals surface area contributed by atoms with Gasteiger partial charge < -0.3 is 15.4 Å². The fraction of sp³-hybridized carbons (Fsp3) is 0.200. The van der Waals surface area contributed by atoms with Gasteiger partial charge in [-0.05, 0) is 67.9 Å². The lowest BCUT2D eigenvalue weighted by atomic mass is 9.97. The molecule has 2 N–H and O–H groups in total. The van der Waals surface area contributed by atoms with Crippen LogP contribution < -0.4 is 10.6 Å². The van der Waals surface area contributed by atoms with E-state index < -0.39 is 0 Å². The highest BCUT2D eigenvalue weighted by Gasteiger charge is 2.16. The molecule has 0 saturated heterocycles. The van der Waals surface area contributed by atoms with Crippen molar-refractivity contribution < 1.29 is 9.53 Å². The van der Waals surface area contributed by atoms with Crippen molar-refractivity contribution in [2.45, 2.75) is 26.8 Å². The zero-order valence-corrected chi connectivity index (χ0v) is 18.3. The molecule has 4 nitrogen and oxygen atoms in total. The Balaban J connectivity index is 1.79. The molecule has 3 rings (SSSR count). The molecule has 0 amide bonds. The summed E-state index contributed by atoms with van der Waals surface area (Å²) in [6.07, 6.45) is 0. The Bertz CT molecular complexity index is 1030. The number of aryl methyl sites for hydroxylation is 2. The lowest BCUT2D eigenvalue weighted by molar-refractivity contribution is 0.0526. The molecule has 0 aliphatic rings. The maximum absolute atomic E-state index is 11.9. The van der Waals surface area contributed by atoms with Gasteiger partial charge in [-0.25, -0.2) is 4.79 Å². The van der Waals surface area contributed by atoms with E-state index in [0.29, 0.717) is 17.3 Å². The van der Waals surface area contributed by atoms with Crippen molar-refractivity contribution in [2.24, 2.45) is 0 Å². The molecule has 154 valence electrons. The number of anilines is 1. The summed E-state index contributed by atoms with van der Waals surface area (Å²) in [5, 5.41) is 7.21. The molecule has 0 fully saturated rings.